The Morgan fingerprint density at radius 3 is 2.21 bits per heavy atom. The molecule has 0 bridgehead atoms. The van der Waals surface area contributed by atoms with Gasteiger partial charge >= 0.3 is 0 Å². The second-order valence-corrected chi connectivity index (χ2v) is 7.66. The van der Waals surface area contributed by atoms with E-state index < -0.39 is 0 Å². The maximum Gasteiger partial charge on any atom is 0.257 e. The second-order valence-electron chi connectivity index (χ2n) is 7.66. The predicted octanol–water partition coefficient (Wildman–Crippen LogP) is 3.04. The molecular formula is C22H26N4O2. The van der Waals surface area contributed by atoms with Crippen LogP contribution in [0.3, 0.4) is 0 Å². The van der Waals surface area contributed by atoms with E-state index in [0.29, 0.717) is 18.7 Å². The van der Waals surface area contributed by atoms with Crippen molar-refractivity contribution in [2.24, 2.45) is 0 Å². The number of nitrogens with zero attached hydrogens (tertiary/aromatic N) is 4. The number of piperidine rings is 1. The van der Waals surface area contributed by atoms with Crippen LogP contribution in [0, 0.1) is 6.92 Å². The molecule has 2 aromatic rings. The summed E-state index contributed by atoms with van der Waals surface area (Å²) >= 11 is 0. The number of benzene rings is 1. The van der Waals surface area contributed by atoms with E-state index in [4.69, 9.17) is 0 Å². The van der Waals surface area contributed by atoms with Crippen molar-refractivity contribution in [3.05, 3.63) is 59.2 Å². The highest BCUT2D eigenvalue weighted by molar-refractivity contribution is 5.95. The van der Waals surface area contributed by atoms with Gasteiger partial charge in [-0.2, -0.15) is 0 Å². The van der Waals surface area contributed by atoms with E-state index in [0.717, 1.165) is 55.9 Å². The van der Waals surface area contributed by atoms with Crippen LogP contribution in [0.2, 0.25) is 0 Å². The van der Waals surface area contributed by atoms with Crippen LogP contribution in [0.5, 0.6) is 0 Å². The minimum atomic E-state index is 0.0461. The Hall–Kier alpha value is -2.76. The zero-order valence-electron chi connectivity index (χ0n) is 16.3. The van der Waals surface area contributed by atoms with Gasteiger partial charge in [-0.05, 0) is 44.7 Å². The van der Waals surface area contributed by atoms with Gasteiger partial charge in [0.25, 0.3) is 11.8 Å². The Morgan fingerprint density at radius 1 is 0.929 bits per heavy atom. The summed E-state index contributed by atoms with van der Waals surface area (Å²) in [5.74, 6) is 1.16. The molecule has 0 spiro atoms. The SMILES string of the molecule is Cc1nc(C2CCN(C(=O)c3ccccc3)CC2)ncc1C(=O)N1CCCC1. The summed E-state index contributed by atoms with van der Waals surface area (Å²) in [6, 6.07) is 9.41. The zero-order chi connectivity index (χ0) is 19.5. The Balaban J connectivity index is 1.40. The number of hydrogen-bond acceptors (Lipinski definition) is 4. The summed E-state index contributed by atoms with van der Waals surface area (Å²) in [4.78, 5) is 38.2. The Bertz CT molecular complexity index is 854. The van der Waals surface area contributed by atoms with Crippen molar-refractivity contribution < 1.29 is 9.59 Å². The number of amides is 2. The van der Waals surface area contributed by atoms with Gasteiger partial charge in [0.2, 0.25) is 0 Å². The minimum Gasteiger partial charge on any atom is -0.339 e. The lowest BCUT2D eigenvalue weighted by molar-refractivity contribution is 0.0709. The number of rotatable bonds is 3. The molecule has 1 aromatic carbocycles. The molecule has 2 saturated heterocycles. The zero-order valence-corrected chi connectivity index (χ0v) is 16.3. The van der Waals surface area contributed by atoms with Crippen LogP contribution >= 0.6 is 0 Å². The molecule has 0 radical (unpaired) electrons. The number of hydrogen-bond donors (Lipinski definition) is 0. The van der Waals surface area contributed by atoms with Gasteiger partial charge in [0.1, 0.15) is 5.82 Å². The number of carbonyl (C=O) groups is 2. The fraction of sp³-hybridized carbons (Fsp3) is 0.455. The van der Waals surface area contributed by atoms with Gasteiger partial charge in [0, 0.05) is 43.9 Å². The topological polar surface area (TPSA) is 66.4 Å². The molecule has 2 aliphatic heterocycles. The first kappa shape index (κ1) is 18.6. The van der Waals surface area contributed by atoms with Crippen LogP contribution in [0.15, 0.2) is 36.5 Å². The maximum atomic E-state index is 12.6. The van der Waals surface area contributed by atoms with Crippen LogP contribution in [-0.4, -0.2) is 57.8 Å². The third-order valence-electron chi connectivity index (χ3n) is 5.79. The normalized spacial score (nSPS) is 17.8. The lowest BCUT2D eigenvalue weighted by atomic mass is 9.95. The van der Waals surface area contributed by atoms with Gasteiger partial charge in [-0.15, -0.1) is 0 Å². The molecule has 2 fully saturated rings. The number of aromatic nitrogens is 2. The maximum absolute atomic E-state index is 12.6. The third kappa shape index (κ3) is 3.77. The summed E-state index contributed by atoms with van der Waals surface area (Å²) in [6.07, 6.45) is 5.53. The van der Waals surface area contributed by atoms with Crippen molar-refractivity contribution in [1.29, 1.82) is 0 Å². The van der Waals surface area contributed by atoms with Crippen LogP contribution < -0.4 is 0 Å². The van der Waals surface area contributed by atoms with E-state index in [1.165, 1.54) is 0 Å². The van der Waals surface area contributed by atoms with Crippen molar-refractivity contribution >= 4 is 11.8 Å². The van der Waals surface area contributed by atoms with Gasteiger partial charge in [0.05, 0.1) is 11.3 Å². The molecular weight excluding hydrogens is 352 g/mol. The van der Waals surface area contributed by atoms with E-state index in [1.54, 1.807) is 6.20 Å². The average molecular weight is 378 g/mol. The van der Waals surface area contributed by atoms with Gasteiger partial charge in [-0.25, -0.2) is 9.97 Å². The molecule has 0 N–H and O–H groups in total. The summed E-state index contributed by atoms with van der Waals surface area (Å²) < 4.78 is 0. The molecule has 1 aromatic heterocycles. The van der Waals surface area contributed by atoms with E-state index >= 15 is 0 Å². The van der Waals surface area contributed by atoms with E-state index in [-0.39, 0.29) is 17.7 Å². The summed E-state index contributed by atoms with van der Waals surface area (Å²) in [5.41, 5.74) is 2.10. The van der Waals surface area contributed by atoms with Crippen molar-refractivity contribution in [1.82, 2.24) is 19.8 Å². The summed E-state index contributed by atoms with van der Waals surface area (Å²) in [6.45, 7) is 4.95. The van der Waals surface area contributed by atoms with Crippen molar-refractivity contribution in [2.75, 3.05) is 26.2 Å². The molecule has 0 aliphatic carbocycles. The minimum absolute atomic E-state index is 0.0461. The number of aryl methyl sites for hydroxylation is 1. The molecule has 3 heterocycles. The van der Waals surface area contributed by atoms with E-state index in [1.807, 2.05) is 47.1 Å². The molecule has 0 saturated carbocycles. The monoisotopic (exact) mass is 378 g/mol. The molecule has 28 heavy (non-hydrogen) atoms. The first-order chi connectivity index (χ1) is 13.6. The summed E-state index contributed by atoms with van der Waals surface area (Å²) in [7, 11) is 0. The smallest absolute Gasteiger partial charge is 0.257 e. The number of carbonyl (C=O) groups excluding carboxylic acids is 2. The fourth-order valence-electron chi connectivity index (χ4n) is 4.09. The van der Waals surface area contributed by atoms with Gasteiger partial charge in [-0.1, -0.05) is 18.2 Å². The highest BCUT2D eigenvalue weighted by Gasteiger charge is 2.27. The Morgan fingerprint density at radius 2 is 1.57 bits per heavy atom. The summed E-state index contributed by atoms with van der Waals surface area (Å²) in [5, 5.41) is 0. The lowest BCUT2D eigenvalue weighted by Gasteiger charge is -2.31. The van der Waals surface area contributed by atoms with E-state index in [2.05, 4.69) is 9.97 Å². The Kier molecular flexibility index (Phi) is 5.37. The molecule has 6 heteroatoms. The highest BCUT2D eigenvalue weighted by Crippen LogP contribution is 2.27. The van der Waals surface area contributed by atoms with Gasteiger partial charge in [0.15, 0.2) is 0 Å². The van der Waals surface area contributed by atoms with Crippen molar-refractivity contribution in [3.8, 4) is 0 Å². The van der Waals surface area contributed by atoms with Crippen molar-refractivity contribution in [2.45, 2.75) is 38.5 Å². The second kappa shape index (κ2) is 8.09. The quantitative estimate of drug-likeness (QED) is 0.823. The molecule has 6 nitrogen and oxygen atoms in total. The van der Waals surface area contributed by atoms with Crippen LogP contribution in [0.4, 0.5) is 0 Å². The Labute approximate surface area is 165 Å². The van der Waals surface area contributed by atoms with Crippen LogP contribution in [0.1, 0.15) is 63.8 Å². The molecule has 0 unspecified atom stereocenters. The first-order valence-electron chi connectivity index (χ1n) is 10.1. The fourth-order valence-corrected chi connectivity index (χ4v) is 4.09. The largest absolute Gasteiger partial charge is 0.339 e. The van der Waals surface area contributed by atoms with Crippen LogP contribution in [-0.2, 0) is 0 Å². The van der Waals surface area contributed by atoms with Crippen molar-refractivity contribution in [3.63, 3.8) is 0 Å². The molecule has 2 aliphatic rings. The standard InChI is InChI=1S/C22H26N4O2/c1-16-19(22(28)25-11-5-6-12-25)15-23-20(24-16)17-9-13-26(14-10-17)21(27)18-7-3-2-4-8-18/h2-4,7-8,15,17H,5-6,9-14H2,1H3. The third-order valence-corrected chi connectivity index (χ3v) is 5.79. The first-order valence-corrected chi connectivity index (χ1v) is 10.1. The molecule has 2 amide bonds. The van der Waals surface area contributed by atoms with Gasteiger partial charge < -0.3 is 9.80 Å². The van der Waals surface area contributed by atoms with Crippen LogP contribution in [0.25, 0.3) is 0 Å². The van der Waals surface area contributed by atoms with Gasteiger partial charge in [-0.3, -0.25) is 9.59 Å². The highest BCUT2D eigenvalue weighted by atomic mass is 16.2. The predicted molar refractivity (Wildman–Crippen MR) is 106 cm³/mol. The number of likely N-dealkylation sites (tertiary alicyclic amines) is 2. The lowest BCUT2D eigenvalue weighted by Crippen LogP contribution is -2.38. The molecule has 4 rings (SSSR count). The van der Waals surface area contributed by atoms with E-state index in [9.17, 15) is 9.59 Å². The average Bonchev–Trinajstić information content (AvgIpc) is 3.28. The molecule has 0 atom stereocenters. The molecule has 146 valence electrons.